The van der Waals surface area contributed by atoms with Crippen molar-refractivity contribution < 1.29 is 9.21 Å². The molecule has 2 aromatic heterocycles. The molecule has 0 saturated heterocycles. The molecule has 0 atom stereocenters. The molecule has 6 nitrogen and oxygen atoms in total. The van der Waals surface area contributed by atoms with Gasteiger partial charge < -0.3 is 9.32 Å². The first-order valence-electron chi connectivity index (χ1n) is 5.78. The van der Waals surface area contributed by atoms with Crippen LogP contribution in [0.1, 0.15) is 42.0 Å². The quantitative estimate of drug-likeness (QED) is 0.895. The van der Waals surface area contributed by atoms with Gasteiger partial charge in [-0.15, -0.1) is 5.10 Å². The highest BCUT2D eigenvalue weighted by molar-refractivity contribution is 5.90. The summed E-state index contributed by atoms with van der Waals surface area (Å²) in [6, 6.07) is 3.61. The van der Waals surface area contributed by atoms with Crippen LogP contribution in [0.3, 0.4) is 0 Å². The number of hydrogen-bond acceptors (Lipinski definition) is 4. The molecule has 1 amide bonds. The van der Waals surface area contributed by atoms with Gasteiger partial charge in [-0.05, 0) is 12.1 Å². The van der Waals surface area contributed by atoms with Crippen molar-refractivity contribution in [1.29, 1.82) is 0 Å². The number of nitrogens with one attached hydrogen (secondary N) is 1. The van der Waals surface area contributed by atoms with Crippen LogP contribution >= 0.6 is 0 Å². The summed E-state index contributed by atoms with van der Waals surface area (Å²) in [6.07, 6.45) is 1.58. The Morgan fingerprint density at radius 2 is 2.33 bits per heavy atom. The highest BCUT2D eigenvalue weighted by Crippen LogP contribution is 2.10. The first-order chi connectivity index (χ1) is 8.58. The van der Waals surface area contributed by atoms with Gasteiger partial charge in [0.05, 0.1) is 12.8 Å². The zero-order chi connectivity index (χ0) is 13.1. The Labute approximate surface area is 105 Å². The minimum atomic E-state index is -0.227. The van der Waals surface area contributed by atoms with E-state index in [1.54, 1.807) is 19.4 Å². The summed E-state index contributed by atoms with van der Waals surface area (Å²) in [7, 11) is 1.69. The van der Waals surface area contributed by atoms with E-state index in [0.717, 1.165) is 5.76 Å². The van der Waals surface area contributed by atoms with Gasteiger partial charge in [0.25, 0.3) is 5.91 Å². The van der Waals surface area contributed by atoms with Crippen LogP contribution in [0.5, 0.6) is 0 Å². The lowest BCUT2D eigenvalue weighted by molar-refractivity contribution is 0.0763. The summed E-state index contributed by atoms with van der Waals surface area (Å²) >= 11 is 0. The molecule has 0 aliphatic rings. The molecule has 0 saturated carbocycles. The van der Waals surface area contributed by atoms with E-state index in [2.05, 4.69) is 15.2 Å². The lowest BCUT2D eigenvalue weighted by atomic mass is 10.2. The van der Waals surface area contributed by atoms with E-state index in [1.165, 1.54) is 4.90 Å². The summed E-state index contributed by atoms with van der Waals surface area (Å²) in [4.78, 5) is 17.7. The smallest absolute Gasteiger partial charge is 0.293 e. The number of furan rings is 1. The molecule has 0 aliphatic carbocycles. The van der Waals surface area contributed by atoms with Crippen molar-refractivity contribution in [3.63, 3.8) is 0 Å². The van der Waals surface area contributed by atoms with Gasteiger partial charge in [-0.3, -0.25) is 9.89 Å². The molecule has 0 spiro atoms. The summed E-state index contributed by atoms with van der Waals surface area (Å²) < 4.78 is 5.19. The molecule has 0 unspecified atom stereocenters. The van der Waals surface area contributed by atoms with Crippen LogP contribution in [0.4, 0.5) is 0 Å². The number of hydrogen-bond donors (Lipinski definition) is 1. The Morgan fingerprint density at radius 1 is 1.56 bits per heavy atom. The fraction of sp³-hybridized carbons (Fsp3) is 0.417. The Morgan fingerprint density at radius 3 is 2.89 bits per heavy atom. The summed E-state index contributed by atoms with van der Waals surface area (Å²) in [5.41, 5.74) is 0. The first kappa shape index (κ1) is 12.3. The van der Waals surface area contributed by atoms with Crippen LogP contribution in [0.2, 0.25) is 0 Å². The van der Waals surface area contributed by atoms with E-state index in [4.69, 9.17) is 4.42 Å². The van der Waals surface area contributed by atoms with Gasteiger partial charge in [0.15, 0.2) is 0 Å². The van der Waals surface area contributed by atoms with Crippen LogP contribution in [0, 0.1) is 0 Å². The van der Waals surface area contributed by atoms with Crippen molar-refractivity contribution in [2.45, 2.75) is 26.3 Å². The minimum Gasteiger partial charge on any atom is -0.467 e. The molecular formula is C12H16N4O2. The average molecular weight is 248 g/mol. The van der Waals surface area contributed by atoms with Crippen molar-refractivity contribution in [1.82, 2.24) is 20.1 Å². The molecule has 2 aromatic rings. The molecule has 18 heavy (non-hydrogen) atoms. The number of carbonyl (C=O) groups is 1. The second kappa shape index (κ2) is 5.03. The molecular weight excluding hydrogens is 232 g/mol. The van der Waals surface area contributed by atoms with Gasteiger partial charge in [0.1, 0.15) is 11.6 Å². The van der Waals surface area contributed by atoms with Crippen molar-refractivity contribution >= 4 is 5.91 Å². The number of carbonyl (C=O) groups excluding carboxylic acids is 1. The Balaban J connectivity index is 2.05. The zero-order valence-corrected chi connectivity index (χ0v) is 10.7. The summed E-state index contributed by atoms with van der Waals surface area (Å²) in [6.45, 7) is 4.38. The average Bonchev–Trinajstić information content (AvgIpc) is 2.98. The number of H-pyrrole nitrogens is 1. The van der Waals surface area contributed by atoms with E-state index in [-0.39, 0.29) is 17.6 Å². The third-order valence-corrected chi connectivity index (χ3v) is 2.56. The Kier molecular flexibility index (Phi) is 3.45. The fourth-order valence-corrected chi connectivity index (χ4v) is 1.51. The van der Waals surface area contributed by atoms with Crippen molar-refractivity contribution in [2.75, 3.05) is 7.05 Å². The second-order valence-corrected chi connectivity index (χ2v) is 4.44. The molecule has 2 rings (SSSR count). The molecule has 0 fully saturated rings. The standard InChI is InChI=1S/C12H16N4O2/c1-8(2)10-13-11(15-14-10)12(17)16(3)7-9-5-4-6-18-9/h4-6,8H,7H2,1-3H3,(H,13,14,15). The zero-order valence-electron chi connectivity index (χ0n) is 10.7. The van der Waals surface area contributed by atoms with Crippen molar-refractivity contribution in [3.05, 3.63) is 35.8 Å². The maximum atomic E-state index is 12.0. The summed E-state index contributed by atoms with van der Waals surface area (Å²) in [5.74, 6) is 1.62. The number of nitrogens with zero attached hydrogens (tertiary/aromatic N) is 3. The van der Waals surface area contributed by atoms with E-state index in [9.17, 15) is 4.79 Å². The summed E-state index contributed by atoms with van der Waals surface area (Å²) in [5, 5.41) is 6.70. The predicted octanol–water partition coefficient (Wildman–Crippen LogP) is 1.79. The van der Waals surface area contributed by atoms with Gasteiger partial charge in [-0.2, -0.15) is 0 Å². The van der Waals surface area contributed by atoms with Crippen LogP contribution < -0.4 is 0 Å². The molecule has 0 radical (unpaired) electrons. The maximum Gasteiger partial charge on any atom is 0.293 e. The van der Waals surface area contributed by atoms with Crippen LogP contribution in [0.25, 0.3) is 0 Å². The highest BCUT2D eigenvalue weighted by atomic mass is 16.3. The lowest BCUT2D eigenvalue weighted by Gasteiger charge is -2.13. The van der Waals surface area contributed by atoms with Crippen LogP contribution in [-0.4, -0.2) is 33.0 Å². The second-order valence-electron chi connectivity index (χ2n) is 4.44. The van der Waals surface area contributed by atoms with Crippen LogP contribution in [-0.2, 0) is 6.54 Å². The molecule has 6 heteroatoms. The Bertz CT molecular complexity index is 516. The molecule has 0 bridgehead atoms. The molecule has 1 N–H and O–H groups in total. The normalized spacial score (nSPS) is 10.9. The number of amides is 1. The minimum absolute atomic E-state index is 0.188. The van der Waals surface area contributed by atoms with Crippen LogP contribution in [0.15, 0.2) is 22.8 Å². The third-order valence-electron chi connectivity index (χ3n) is 2.56. The van der Waals surface area contributed by atoms with E-state index < -0.39 is 0 Å². The van der Waals surface area contributed by atoms with E-state index >= 15 is 0 Å². The fourth-order valence-electron chi connectivity index (χ4n) is 1.51. The topological polar surface area (TPSA) is 75.0 Å². The molecule has 2 heterocycles. The molecule has 96 valence electrons. The van der Waals surface area contributed by atoms with Crippen molar-refractivity contribution in [2.24, 2.45) is 0 Å². The number of rotatable bonds is 4. The highest BCUT2D eigenvalue weighted by Gasteiger charge is 2.18. The monoisotopic (exact) mass is 248 g/mol. The Hall–Kier alpha value is -2.11. The first-order valence-corrected chi connectivity index (χ1v) is 5.78. The lowest BCUT2D eigenvalue weighted by Crippen LogP contribution is -2.27. The number of aromatic amines is 1. The number of aromatic nitrogens is 3. The third kappa shape index (κ3) is 2.58. The van der Waals surface area contributed by atoms with E-state index in [1.807, 2.05) is 19.9 Å². The SMILES string of the molecule is CC(C)c1nc(C(=O)N(C)Cc2ccco2)n[nH]1. The maximum absolute atomic E-state index is 12.0. The van der Waals surface area contributed by atoms with Crippen molar-refractivity contribution in [3.8, 4) is 0 Å². The van der Waals surface area contributed by atoms with Gasteiger partial charge in [0.2, 0.25) is 5.82 Å². The predicted molar refractivity (Wildman–Crippen MR) is 65.0 cm³/mol. The van der Waals surface area contributed by atoms with Gasteiger partial charge >= 0.3 is 0 Å². The largest absolute Gasteiger partial charge is 0.467 e. The molecule has 0 aliphatic heterocycles. The molecule has 0 aromatic carbocycles. The van der Waals surface area contributed by atoms with Gasteiger partial charge in [0, 0.05) is 13.0 Å². The van der Waals surface area contributed by atoms with E-state index in [0.29, 0.717) is 12.4 Å². The van der Waals surface area contributed by atoms with Gasteiger partial charge in [-0.1, -0.05) is 13.8 Å². The van der Waals surface area contributed by atoms with Gasteiger partial charge in [-0.25, -0.2) is 4.98 Å².